The molecule has 0 radical (unpaired) electrons. The van der Waals surface area contributed by atoms with Crippen LogP contribution in [0, 0.1) is 0 Å². The summed E-state index contributed by atoms with van der Waals surface area (Å²) in [6, 6.07) is 0.601. The first-order chi connectivity index (χ1) is 8.93. The number of anilines is 1. The highest BCUT2D eigenvalue weighted by Gasteiger charge is 2.19. The van der Waals surface area contributed by atoms with E-state index in [1.807, 2.05) is 0 Å². The van der Waals surface area contributed by atoms with E-state index in [0.29, 0.717) is 6.04 Å². The average molecular weight is 248 g/mol. The van der Waals surface area contributed by atoms with Crippen molar-refractivity contribution < 1.29 is 0 Å². The number of H-pyrrole nitrogens is 1. The zero-order chi connectivity index (χ0) is 12.2. The molecule has 3 N–H and O–H groups in total. The lowest BCUT2D eigenvalue weighted by molar-refractivity contribution is 0.478. The van der Waals surface area contributed by atoms with Gasteiger partial charge in [-0.15, -0.1) is 0 Å². The second-order valence-corrected chi connectivity index (χ2v) is 5.61. The minimum absolute atomic E-state index is 0.601. The average Bonchev–Trinajstić information content (AvgIpc) is 2.72. The normalized spacial score (nSPS) is 22.0. The Kier molecular flexibility index (Phi) is 3.84. The van der Waals surface area contributed by atoms with E-state index in [-0.39, 0.29) is 0 Å². The SMILES string of the molecule is C1CCCc2c(NC3CCNCC3)n[nH]c2CC1. The summed E-state index contributed by atoms with van der Waals surface area (Å²) in [6.07, 6.45) is 10.2. The molecule has 1 saturated heterocycles. The third kappa shape index (κ3) is 2.69. The minimum atomic E-state index is 0.601. The lowest BCUT2D eigenvalue weighted by Gasteiger charge is -2.24. The number of aromatic nitrogens is 2. The van der Waals surface area contributed by atoms with Crippen LogP contribution in [0.5, 0.6) is 0 Å². The van der Waals surface area contributed by atoms with Gasteiger partial charge in [-0.3, -0.25) is 5.10 Å². The number of hydrogen-bond acceptors (Lipinski definition) is 3. The summed E-state index contributed by atoms with van der Waals surface area (Å²) in [5, 5.41) is 14.8. The number of hydrogen-bond donors (Lipinski definition) is 3. The molecule has 4 heteroatoms. The van der Waals surface area contributed by atoms with Crippen molar-refractivity contribution in [2.45, 2.75) is 57.4 Å². The third-order valence-electron chi connectivity index (χ3n) is 4.24. The van der Waals surface area contributed by atoms with Crippen LogP contribution < -0.4 is 10.6 Å². The predicted molar refractivity (Wildman–Crippen MR) is 74.0 cm³/mol. The Hall–Kier alpha value is -1.03. The van der Waals surface area contributed by atoms with Crippen molar-refractivity contribution in [2.24, 2.45) is 0 Å². The smallest absolute Gasteiger partial charge is 0.151 e. The molecule has 1 aliphatic carbocycles. The first-order valence-electron chi connectivity index (χ1n) is 7.47. The Morgan fingerprint density at radius 1 is 1.00 bits per heavy atom. The molecule has 0 bridgehead atoms. The van der Waals surface area contributed by atoms with Crippen LogP contribution in [-0.2, 0) is 12.8 Å². The molecule has 0 atom stereocenters. The Balaban J connectivity index is 1.71. The summed E-state index contributed by atoms with van der Waals surface area (Å²) >= 11 is 0. The molecule has 18 heavy (non-hydrogen) atoms. The van der Waals surface area contributed by atoms with Crippen LogP contribution in [-0.4, -0.2) is 29.3 Å². The topological polar surface area (TPSA) is 52.7 Å². The van der Waals surface area contributed by atoms with Crippen LogP contribution in [0.1, 0.15) is 49.8 Å². The molecule has 100 valence electrons. The zero-order valence-electron chi connectivity index (χ0n) is 11.1. The summed E-state index contributed by atoms with van der Waals surface area (Å²) in [7, 11) is 0. The molecule has 1 aromatic rings. The van der Waals surface area contributed by atoms with Gasteiger partial charge in [0.25, 0.3) is 0 Å². The number of fused-ring (bicyclic) bond motifs is 1. The monoisotopic (exact) mass is 248 g/mol. The lowest BCUT2D eigenvalue weighted by Crippen LogP contribution is -2.35. The van der Waals surface area contributed by atoms with Crippen molar-refractivity contribution in [3.8, 4) is 0 Å². The Morgan fingerprint density at radius 2 is 1.78 bits per heavy atom. The summed E-state index contributed by atoms with van der Waals surface area (Å²) < 4.78 is 0. The molecule has 3 rings (SSSR count). The van der Waals surface area contributed by atoms with Gasteiger partial charge in [-0.25, -0.2) is 0 Å². The lowest BCUT2D eigenvalue weighted by atomic mass is 9.98. The molecule has 4 nitrogen and oxygen atoms in total. The van der Waals surface area contributed by atoms with Gasteiger partial charge in [-0.05, 0) is 51.6 Å². The van der Waals surface area contributed by atoms with Crippen molar-refractivity contribution >= 4 is 5.82 Å². The number of nitrogens with zero attached hydrogens (tertiary/aromatic N) is 1. The third-order valence-corrected chi connectivity index (χ3v) is 4.24. The number of piperidine rings is 1. The van der Waals surface area contributed by atoms with E-state index in [1.54, 1.807) is 0 Å². The van der Waals surface area contributed by atoms with E-state index in [9.17, 15) is 0 Å². The van der Waals surface area contributed by atoms with Crippen molar-refractivity contribution in [2.75, 3.05) is 18.4 Å². The Labute approximate surface area is 109 Å². The number of nitrogens with one attached hydrogen (secondary N) is 3. The van der Waals surface area contributed by atoms with Gasteiger partial charge in [0.05, 0.1) is 0 Å². The first kappa shape index (κ1) is 12.0. The standard InChI is InChI=1S/C14H24N4/c1-2-4-6-13-12(5-3-1)14(18-17-13)16-11-7-9-15-10-8-11/h11,15H,1-10H2,(H2,16,17,18). The molecule has 0 unspecified atom stereocenters. The van der Waals surface area contributed by atoms with E-state index in [4.69, 9.17) is 0 Å². The second-order valence-electron chi connectivity index (χ2n) is 5.61. The van der Waals surface area contributed by atoms with Crippen molar-refractivity contribution in [1.82, 2.24) is 15.5 Å². The fraction of sp³-hybridized carbons (Fsp3) is 0.786. The number of rotatable bonds is 2. The number of aryl methyl sites for hydroxylation is 1. The molecule has 2 heterocycles. The molecule has 1 aromatic heterocycles. The quantitative estimate of drug-likeness (QED) is 0.752. The number of aromatic amines is 1. The molecule has 0 amide bonds. The van der Waals surface area contributed by atoms with Gasteiger partial charge < -0.3 is 10.6 Å². The fourth-order valence-electron chi connectivity index (χ4n) is 3.11. The molecular weight excluding hydrogens is 224 g/mol. The summed E-state index contributed by atoms with van der Waals surface area (Å²) in [6.45, 7) is 2.26. The molecule has 1 fully saturated rings. The van der Waals surface area contributed by atoms with Crippen molar-refractivity contribution in [3.63, 3.8) is 0 Å². The van der Waals surface area contributed by atoms with Crippen LogP contribution in [0.15, 0.2) is 0 Å². The molecule has 0 spiro atoms. The second kappa shape index (κ2) is 5.74. The van der Waals surface area contributed by atoms with Gasteiger partial charge >= 0.3 is 0 Å². The van der Waals surface area contributed by atoms with E-state index in [2.05, 4.69) is 20.8 Å². The molecule has 2 aliphatic rings. The first-order valence-corrected chi connectivity index (χ1v) is 7.47. The van der Waals surface area contributed by atoms with Gasteiger partial charge in [0.1, 0.15) is 0 Å². The van der Waals surface area contributed by atoms with Gasteiger partial charge in [-0.1, -0.05) is 12.8 Å². The van der Waals surface area contributed by atoms with Crippen LogP contribution >= 0.6 is 0 Å². The molecule has 0 saturated carbocycles. The van der Waals surface area contributed by atoms with E-state index >= 15 is 0 Å². The van der Waals surface area contributed by atoms with Crippen LogP contribution in [0.25, 0.3) is 0 Å². The van der Waals surface area contributed by atoms with Gasteiger partial charge in [0.15, 0.2) is 5.82 Å². The minimum Gasteiger partial charge on any atom is -0.366 e. The summed E-state index contributed by atoms with van der Waals surface area (Å²) in [5.41, 5.74) is 2.85. The van der Waals surface area contributed by atoms with Crippen LogP contribution in [0.3, 0.4) is 0 Å². The van der Waals surface area contributed by atoms with Gasteiger partial charge in [0, 0.05) is 17.3 Å². The van der Waals surface area contributed by atoms with E-state index in [0.717, 1.165) is 18.9 Å². The molecule has 0 aromatic carbocycles. The summed E-state index contributed by atoms with van der Waals surface area (Å²) in [5.74, 6) is 1.14. The van der Waals surface area contributed by atoms with Crippen LogP contribution in [0.4, 0.5) is 5.82 Å². The fourth-order valence-corrected chi connectivity index (χ4v) is 3.11. The summed E-state index contributed by atoms with van der Waals surface area (Å²) in [4.78, 5) is 0. The highest BCUT2D eigenvalue weighted by Crippen LogP contribution is 2.25. The maximum Gasteiger partial charge on any atom is 0.151 e. The van der Waals surface area contributed by atoms with E-state index in [1.165, 1.54) is 62.6 Å². The maximum absolute atomic E-state index is 4.52. The van der Waals surface area contributed by atoms with Gasteiger partial charge in [-0.2, -0.15) is 5.10 Å². The predicted octanol–water partition coefficient (Wildman–Crippen LogP) is 2.23. The molecule has 1 aliphatic heterocycles. The highest BCUT2D eigenvalue weighted by atomic mass is 15.2. The largest absolute Gasteiger partial charge is 0.366 e. The maximum atomic E-state index is 4.52. The van der Waals surface area contributed by atoms with Gasteiger partial charge in [0.2, 0.25) is 0 Å². The Morgan fingerprint density at radius 3 is 2.61 bits per heavy atom. The highest BCUT2D eigenvalue weighted by molar-refractivity contribution is 5.47. The zero-order valence-corrected chi connectivity index (χ0v) is 11.1. The van der Waals surface area contributed by atoms with Crippen LogP contribution in [0.2, 0.25) is 0 Å². The van der Waals surface area contributed by atoms with Crippen molar-refractivity contribution in [3.05, 3.63) is 11.3 Å². The van der Waals surface area contributed by atoms with Crippen molar-refractivity contribution in [1.29, 1.82) is 0 Å². The van der Waals surface area contributed by atoms with E-state index < -0.39 is 0 Å². The molecular formula is C14H24N4. The Bertz CT molecular complexity index is 379.